The highest BCUT2D eigenvalue weighted by molar-refractivity contribution is 5.89. The van der Waals surface area contributed by atoms with Gasteiger partial charge in [-0.3, -0.25) is 0 Å². The van der Waals surface area contributed by atoms with Crippen molar-refractivity contribution in [1.82, 2.24) is 0 Å². The van der Waals surface area contributed by atoms with Crippen LogP contribution in [0.1, 0.15) is 17.0 Å². The molecule has 150 valence electrons. The lowest BCUT2D eigenvalue weighted by Gasteiger charge is -2.34. The number of hydrogen-bond donors (Lipinski definition) is 0. The maximum Gasteiger partial charge on any atom is 0.334 e. The van der Waals surface area contributed by atoms with E-state index in [0.717, 1.165) is 11.3 Å². The van der Waals surface area contributed by atoms with Crippen molar-refractivity contribution in [2.45, 2.75) is 18.0 Å². The fraction of sp³-hybridized carbons (Fsp3) is 0.160. The van der Waals surface area contributed by atoms with Gasteiger partial charge in [0, 0.05) is 5.69 Å². The first-order valence-corrected chi connectivity index (χ1v) is 9.86. The first-order chi connectivity index (χ1) is 15.2. The number of para-hydroxylation sites is 2. The summed E-state index contributed by atoms with van der Waals surface area (Å²) >= 11 is 0. The first-order valence-electron chi connectivity index (χ1n) is 9.86. The molecule has 6 nitrogen and oxygen atoms in total. The number of nitrogens with zero attached hydrogens (tertiary/aromatic N) is 3. The second-order valence-electron chi connectivity index (χ2n) is 7.58. The highest BCUT2D eigenvalue weighted by Crippen LogP contribution is 2.55. The highest BCUT2D eigenvalue weighted by Gasteiger charge is 2.64. The van der Waals surface area contributed by atoms with E-state index in [4.69, 9.17) is 9.15 Å². The largest absolute Gasteiger partial charge is 0.472 e. The van der Waals surface area contributed by atoms with Crippen LogP contribution in [0.5, 0.6) is 5.75 Å². The Morgan fingerprint density at radius 2 is 1.77 bits per heavy atom. The number of carbonyl (C=O) groups is 1. The molecule has 1 fully saturated rings. The number of hydrogen-bond acceptors (Lipinski definition) is 6. The number of ether oxygens (including phenoxy) is 1. The standard InChI is InChI=1S/C25H17N3O3/c26-15-25(16-27)21-11-10-17-6-4-5-9-20(17)28(21)23(22(25)18-12-13-30-14-18)24(29)31-19-7-2-1-3-8-19/h1-14,21-23H/t21-,22-,23+/m1/s1. The third kappa shape index (κ3) is 2.73. The van der Waals surface area contributed by atoms with Crippen LogP contribution in [0.2, 0.25) is 0 Å². The minimum absolute atomic E-state index is 0.405. The molecule has 2 aliphatic rings. The van der Waals surface area contributed by atoms with Gasteiger partial charge in [-0.1, -0.05) is 48.6 Å². The van der Waals surface area contributed by atoms with Gasteiger partial charge < -0.3 is 14.1 Å². The van der Waals surface area contributed by atoms with Crippen molar-refractivity contribution < 1.29 is 13.9 Å². The molecule has 0 saturated carbocycles. The summed E-state index contributed by atoms with van der Waals surface area (Å²) in [7, 11) is 0. The predicted octanol–water partition coefficient (Wildman–Crippen LogP) is 4.29. The number of esters is 1. The quantitative estimate of drug-likeness (QED) is 0.475. The molecule has 3 aromatic rings. The SMILES string of the molecule is N#CC1(C#N)[C@H](c2ccoc2)[C@@H](C(=O)Oc2ccccc2)N2c3ccccc3C=C[C@@H]21. The molecule has 1 aromatic heterocycles. The van der Waals surface area contributed by atoms with Crippen molar-refractivity contribution in [2.75, 3.05) is 4.90 Å². The predicted molar refractivity (Wildman–Crippen MR) is 113 cm³/mol. The molecule has 0 N–H and O–H groups in total. The highest BCUT2D eigenvalue weighted by atomic mass is 16.5. The maximum absolute atomic E-state index is 13.6. The number of nitriles is 2. The Bertz CT molecular complexity index is 1220. The molecule has 3 atom stereocenters. The molecule has 0 spiro atoms. The summed E-state index contributed by atoms with van der Waals surface area (Å²) in [5, 5.41) is 20.5. The van der Waals surface area contributed by atoms with E-state index in [9.17, 15) is 15.3 Å². The first kappa shape index (κ1) is 18.7. The summed E-state index contributed by atoms with van der Waals surface area (Å²) < 4.78 is 11.0. The Labute approximate surface area is 179 Å². The summed E-state index contributed by atoms with van der Waals surface area (Å²) in [5.74, 6) is -0.889. The van der Waals surface area contributed by atoms with E-state index in [1.54, 1.807) is 30.3 Å². The topological polar surface area (TPSA) is 90.3 Å². The van der Waals surface area contributed by atoms with Gasteiger partial charge in [0.25, 0.3) is 0 Å². The Morgan fingerprint density at radius 3 is 2.48 bits per heavy atom. The van der Waals surface area contributed by atoms with Gasteiger partial charge in [0.15, 0.2) is 5.41 Å². The lowest BCUT2D eigenvalue weighted by Crippen LogP contribution is -2.45. The summed E-state index contributed by atoms with van der Waals surface area (Å²) in [5.41, 5.74) is 0.798. The lowest BCUT2D eigenvalue weighted by atomic mass is 9.70. The molecule has 2 aromatic carbocycles. The van der Waals surface area contributed by atoms with E-state index in [-0.39, 0.29) is 0 Å². The number of fused-ring (bicyclic) bond motifs is 3. The lowest BCUT2D eigenvalue weighted by molar-refractivity contribution is -0.136. The second-order valence-corrected chi connectivity index (χ2v) is 7.58. The maximum atomic E-state index is 13.6. The molecular formula is C25H17N3O3. The van der Waals surface area contributed by atoms with Gasteiger partial charge in [0.2, 0.25) is 0 Å². The van der Waals surface area contributed by atoms with Gasteiger partial charge in [-0.25, -0.2) is 4.79 Å². The normalized spacial score (nSPS) is 22.6. The van der Waals surface area contributed by atoms with Crippen LogP contribution in [0.25, 0.3) is 6.08 Å². The van der Waals surface area contributed by atoms with Crippen LogP contribution in [-0.2, 0) is 4.79 Å². The van der Waals surface area contributed by atoms with Gasteiger partial charge in [-0.15, -0.1) is 0 Å². The van der Waals surface area contributed by atoms with Crippen molar-refractivity contribution in [3.63, 3.8) is 0 Å². The van der Waals surface area contributed by atoms with Crippen LogP contribution < -0.4 is 9.64 Å². The van der Waals surface area contributed by atoms with E-state index in [1.807, 2.05) is 47.4 Å². The molecule has 0 bridgehead atoms. The molecule has 31 heavy (non-hydrogen) atoms. The van der Waals surface area contributed by atoms with E-state index in [0.29, 0.717) is 11.3 Å². The van der Waals surface area contributed by atoms with Gasteiger partial charge in [0.1, 0.15) is 11.8 Å². The zero-order valence-electron chi connectivity index (χ0n) is 16.4. The van der Waals surface area contributed by atoms with Gasteiger partial charge in [-0.05, 0) is 35.4 Å². The zero-order valence-corrected chi connectivity index (χ0v) is 16.4. The Kier molecular flexibility index (Phi) is 4.34. The number of carbonyl (C=O) groups excluding carboxylic acids is 1. The summed E-state index contributed by atoms with van der Waals surface area (Å²) in [4.78, 5) is 15.4. The molecule has 0 unspecified atom stereocenters. The van der Waals surface area contributed by atoms with Crippen molar-refractivity contribution in [2.24, 2.45) is 5.41 Å². The summed E-state index contributed by atoms with van der Waals surface area (Å²) in [6.07, 6.45) is 6.70. The Morgan fingerprint density at radius 1 is 1.03 bits per heavy atom. The van der Waals surface area contributed by atoms with Crippen molar-refractivity contribution >= 4 is 17.7 Å². The molecule has 0 aliphatic carbocycles. The monoisotopic (exact) mass is 407 g/mol. The average Bonchev–Trinajstić information content (AvgIpc) is 3.44. The zero-order chi connectivity index (χ0) is 21.4. The van der Waals surface area contributed by atoms with E-state index in [2.05, 4.69) is 12.1 Å². The van der Waals surface area contributed by atoms with Gasteiger partial charge >= 0.3 is 5.97 Å². The molecule has 3 heterocycles. The summed E-state index contributed by atoms with van der Waals surface area (Å²) in [6, 6.07) is 21.1. The van der Waals surface area contributed by atoms with Gasteiger partial charge in [0.05, 0.1) is 36.6 Å². The number of furan rings is 1. The van der Waals surface area contributed by atoms with Crippen LogP contribution in [-0.4, -0.2) is 18.1 Å². The molecule has 0 radical (unpaired) electrons. The minimum atomic E-state index is -1.51. The van der Waals surface area contributed by atoms with Crippen molar-refractivity contribution in [3.05, 3.63) is 90.4 Å². The van der Waals surface area contributed by atoms with Crippen LogP contribution in [0, 0.1) is 28.1 Å². The smallest absolute Gasteiger partial charge is 0.334 e. The van der Waals surface area contributed by atoms with Crippen LogP contribution in [0.15, 0.2) is 83.7 Å². The molecule has 2 aliphatic heterocycles. The fourth-order valence-electron chi connectivity index (χ4n) is 4.70. The molecule has 6 heteroatoms. The van der Waals surface area contributed by atoms with Crippen LogP contribution >= 0.6 is 0 Å². The molecular weight excluding hydrogens is 390 g/mol. The molecule has 0 amide bonds. The van der Waals surface area contributed by atoms with Crippen molar-refractivity contribution in [1.29, 1.82) is 10.5 Å². The fourth-order valence-corrected chi connectivity index (χ4v) is 4.70. The van der Waals surface area contributed by atoms with E-state index in [1.165, 1.54) is 12.5 Å². The Balaban J connectivity index is 1.70. The number of anilines is 1. The van der Waals surface area contributed by atoms with Gasteiger partial charge in [-0.2, -0.15) is 10.5 Å². The van der Waals surface area contributed by atoms with Crippen LogP contribution in [0.4, 0.5) is 5.69 Å². The van der Waals surface area contributed by atoms with Crippen molar-refractivity contribution in [3.8, 4) is 17.9 Å². The molecule has 5 rings (SSSR count). The van der Waals surface area contributed by atoms with E-state index < -0.39 is 29.4 Å². The second kappa shape index (κ2) is 7.19. The Hall–Kier alpha value is -4.29. The average molecular weight is 407 g/mol. The third-order valence-corrected chi connectivity index (χ3v) is 6.02. The van der Waals surface area contributed by atoms with Crippen LogP contribution in [0.3, 0.4) is 0 Å². The number of benzene rings is 2. The molecule has 1 saturated heterocycles. The summed E-state index contributed by atoms with van der Waals surface area (Å²) in [6.45, 7) is 0. The third-order valence-electron chi connectivity index (χ3n) is 6.02. The minimum Gasteiger partial charge on any atom is -0.472 e. The number of rotatable bonds is 3. The van der Waals surface area contributed by atoms with E-state index >= 15 is 0 Å².